The first-order valence-corrected chi connectivity index (χ1v) is 11.5. The lowest BCUT2D eigenvalue weighted by molar-refractivity contribution is -0.120. The van der Waals surface area contributed by atoms with E-state index in [1.54, 1.807) is 64.0 Å². The zero-order valence-corrected chi connectivity index (χ0v) is 19.1. The third kappa shape index (κ3) is 6.72. The van der Waals surface area contributed by atoms with Crippen molar-refractivity contribution in [3.8, 4) is 0 Å². The molecule has 0 saturated carbocycles. The van der Waals surface area contributed by atoms with Gasteiger partial charge in [-0.3, -0.25) is 9.69 Å². The van der Waals surface area contributed by atoms with Crippen molar-refractivity contribution in [3.05, 3.63) is 29.8 Å². The van der Waals surface area contributed by atoms with Gasteiger partial charge < -0.3 is 15.0 Å². The fourth-order valence-corrected chi connectivity index (χ4v) is 3.64. The van der Waals surface area contributed by atoms with Crippen LogP contribution in [-0.4, -0.2) is 74.6 Å². The fourth-order valence-electron chi connectivity index (χ4n) is 3.06. The van der Waals surface area contributed by atoms with Crippen molar-refractivity contribution >= 4 is 33.5 Å². The number of amidine groups is 1. The molecule has 10 heteroatoms. The average Bonchev–Trinajstić information content (AvgIpc) is 3.08. The molecule has 0 spiro atoms. The summed E-state index contributed by atoms with van der Waals surface area (Å²) in [6, 6.07) is 6.10. The summed E-state index contributed by atoms with van der Waals surface area (Å²) in [6.45, 7) is 5.83. The SMILES string of the molecule is CN(C)/C(=N/S(C)(=O)=O)c1ccc(NC(=O)C2CCCN2C(=O)OC(C)(C)C)cc1. The number of sulfonamides is 1. The Morgan fingerprint density at radius 1 is 1.20 bits per heavy atom. The molecular weight excluding hydrogens is 408 g/mol. The molecule has 0 radical (unpaired) electrons. The van der Waals surface area contributed by atoms with Crippen LogP contribution in [0.1, 0.15) is 39.2 Å². The highest BCUT2D eigenvalue weighted by atomic mass is 32.2. The van der Waals surface area contributed by atoms with Gasteiger partial charge in [-0.2, -0.15) is 0 Å². The number of nitrogens with one attached hydrogen (secondary N) is 1. The predicted octanol–water partition coefficient (Wildman–Crippen LogP) is 2.29. The van der Waals surface area contributed by atoms with Crippen LogP contribution in [0, 0.1) is 0 Å². The smallest absolute Gasteiger partial charge is 0.410 e. The van der Waals surface area contributed by atoms with Crippen molar-refractivity contribution in [2.24, 2.45) is 4.40 Å². The highest BCUT2D eigenvalue weighted by molar-refractivity contribution is 7.89. The summed E-state index contributed by atoms with van der Waals surface area (Å²) < 4.78 is 32.2. The van der Waals surface area contributed by atoms with Gasteiger partial charge in [-0.1, -0.05) is 0 Å². The molecule has 9 nitrogen and oxygen atoms in total. The molecule has 1 aliphatic heterocycles. The molecule has 1 atom stereocenters. The Hall–Kier alpha value is -2.62. The van der Waals surface area contributed by atoms with E-state index in [0.29, 0.717) is 30.1 Å². The number of nitrogens with zero attached hydrogens (tertiary/aromatic N) is 3. The zero-order chi connectivity index (χ0) is 22.7. The van der Waals surface area contributed by atoms with Crippen LogP contribution in [0.3, 0.4) is 0 Å². The Balaban J connectivity index is 2.12. The highest BCUT2D eigenvalue weighted by Gasteiger charge is 2.36. The number of likely N-dealkylation sites (tertiary alicyclic amines) is 1. The summed E-state index contributed by atoms with van der Waals surface area (Å²) in [5.74, 6) is 0.00557. The molecule has 1 heterocycles. The van der Waals surface area contributed by atoms with E-state index < -0.39 is 27.8 Å². The van der Waals surface area contributed by atoms with Crippen LogP contribution in [0.25, 0.3) is 0 Å². The number of rotatable bonds is 4. The standard InChI is InChI=1S/C20H30N4O5S/c1-20(2,3)29-19(26)24-13-7-8-16(24)18(25)21-15-11-9-14(10-12-15)17(23(4)5)22-30(6,27)28/h9-12,16H,7-8,13H2,1-6H3,(H,21,25)/b22-17+. The van der Waals surface area contributed by atoms with Crippen LogP contribution in [0.15, 0.2) is 28.7 Å². The molecule has 30 heavy (non-hydrogen) atoms. The Morgan fingerprint density at radius 2 is 1.80 bits per heavy atom. The quantitative estimate of drug-likeness (QED) is 0.571. The van der Waals surface area contributed by atoms with E-state index >= 15 is 0 Å². The Bertz CT molecular complexity index is 918. The molecule has 1 fully saturated rings. The number of ether oxygens (including phenoxy) is 1. The molecule has 1 unspecified atom stereocenters. The molecule has 1 aromatic carbocycles. The number of carbonyl (C=O) groups is 2. The average molecular weight is 439 g/mol. The molecular formula is C20H30N4O5S. The second-order valence-electron chi connectivity index (χ2n) is 8.44. The molecule has 1 saturated heterocycles. The topological polar surface area (TPSA) is 108 Å². The first-order valence-electron chi connectivity index (χ1n) is 9.65. The lowest BCUT2D eigenvalue weighted by Gasteiger charge is -2.28. The fraction of sp³-hybridized carbons (Fsp3) is 0.550. The maximum Gasteiger partial charge on any atom is 0.410 e. The summed E-state index contributed by atoms with van der Waals surface area (Å²) >= 11 is 0. The minimum Gasteiger partial charge on any atom is -0.444 e. The van der Waals surface area contributed by atoms with Crippen molar-refractivity contribution in [3.63, 3.8) is 0 Å². The van der Waals surface area contributed by atoms with Gasteiger partial charge >= 0.3 is 6.09 Å². The molecule has 0 bridgehead atoms. The third-order valence-corrected chi connectivity index (χ3v) is 4.77. The molecule has 0 aromatic heterocycles. The van der Waals surface area contributed by atoms with Gasteiger partial charge in [0, 0.05) is 31.9 Å². The number of amides is 2. The van der Waals surface area contributed by atoms with E-state index in [1.807, 2.05) is 0 Å². The Labute approximate surface area is 178 Å². The highest BCUT2D eigenvalue weighted by Crippen LogP contribution is 2.22. The minimum absolute atomic E-state index is 0.288. The largest absolute Gasteiger partial charge is 0.444 e. The van der Waals surface area contributed by atoms with Gasteiger partial charge in [0.1, 0.15) is 17.5 Å². The van der Waals surface area contributed by atoms with Crippen LogP contribution >= 0.6 is 0 Å². The van der Waals surface area contributed by atoms with Gasteiger partial charge in [0.2, 0.25) is 5.91 Å². The van der Waals surface area contributed by atoms with Crippen LogP contribution in [-0.2, 0) is 19.6 Å². The van der Waals surface area contributed by atoms with Crippen molar-refractivity contribution < 1.29 is 22.7 Å². The van der Waals surface area contributed by atoms with E-state index in [-0.39, 0.29) is 5.91 Å². The lowest BCUT2D eigenvalue weighted by atomic mass is 10.1. The molecule has 0 aliphatic carbocycles. The second-order valence-corrected chi connectivity index (χ2v) is 10.1. The summed E-state index contributed by atoms with van der Waals surface area (Å²) in [5.41, 5.74) is 0.505. The number of hydrogen-bond acceptors (Lipinski definition) is 5. The summed E-state index contributed by atoms with van der Waals surface area (Å²) in [4.78, 5) is 28.2. The predicted molar refractivity (Wildman–Crippen MR) is 116 cm³/mol. The van der Waals surface area contributed by atoms with Crippen LogP contribution in [0.4, 0.5) is 10.5 Å². The van der Waals surface area contributed by atoms with Crippen molar-refractivity contribution in [1.82, 2.24) is 9.80 Å². The van der Waals surface area contributed by atoms with Gasteiger partial charge in [0.15, 0.2) is 0 Å². The van der Waals surface area contributed by atoms with Crippen molar-refractivity contribution in [2.75, 3.05) is 32.2 Å². The molecule has 2 rings (SSSR count). The molecule has 1 aliphatic rings. The first kappa shape index (κ1) is 23.7. The van der Waals surface area contributed by atoms with Crippen LogP contribution in [0.5, 0.6) is 0 Å². The minimum atomic E-state index is -3.56. The van der Waals surface area contributed by atoms with Crippen LogP contribution in [0.2, 0.25) is 0 Å². The lowest BCUT2D eigenvalue weighted by Crippen LogP contribution is -2.45. The second kappa shape index (κ2) is 9.03. The maximum absolute atomic E-state index is 12.7. The number of carbonyl (C=O) groups excluding carboxylic acids is 2. The summed E-state index contributed by atoms with van der Waals surface area (Å²) in [7, 11) is -0.158. The van der Waals surface area contributed by atoms with E-state index in [0.717, 1.165) is 12.7 Å². The molecule has 2 amide bonds. The number of hydrogen-bond donors (Lipinski definition) is 1. The third-order valence-electron chi connectivity index (χ3n) is 4.27. The normalized spacial score (nSPS) is 17.6. The monoisotopic (exact) mass is 438 g/mol. The van der Waals surface area contributed by atoms with Crippen molar-refractivity contribution in [2.45, 2.75) is 45.3 Å². The van der Waals surface area contributed by atoms with Gasteiger partial charge in [-0.15, -0.1) is 4.40 Å². The van der Waals surface area contributed by atoms with E-state index in [9.17, 15) is 18.0 Å². The molecule has 1 aromatic rings. The summed E-state index contributed by atoms with van der Waals surface area (Å²) in [6.07, 6.45) is 1.82. The van der Waals surface area contributed by atoms with E-state index in [1.165, 1.54) is 4.90 Å². The van der Waals surface area contributed by atoms with Gasteiger partial charge in [0.25, 0.3) is 10.0 Å². The summed E-state index contributed by atoms with van der Waals surface area (Å²) in [5, 5.41) is 2.82. The van der Waals surface area contributed by atoms with Gasteiger partial charge in [0.05, 0.1) is 6.26 Å². The maximum atomic E-state index is 12.7. The zero-order valence-electron chi connectivity index (χ0n) is 18.3. The molecule has 1 N–H and O–H groups in total. The first-order chi connectivity index (χ1) is 13.8. The Kier molecular flexibility index (Phi) is 7.12. The van der Waals surface area contributed by atoms with E-state index in [4.69, 9.17) is 4.74 Å². The molecule has 166 valence electrons. The van der Waals surface area contributed by atoms with Gasteiger partial charge in [-0.25, -0.2) is 13.2 Å². The Morgan fingerprint density at radius 3 is 2.30 bits per heavy atom. The van der Waals surface area contributed by atoms with Crippen LogP contribution < -0.4 is 5.32 Å². The van der Waals surface area contributed by atoms with Gasteiger partial charge in [-0.05, 0) is 57.9 Å². The number of benzene rings is 1. The van der Waals surface area contributed by atoms with Crippen molar-refractivity contribution in [1.29, 1.82) is 0 Å². The van der Waals surface area contributed by atoms with E-state index in [2.05, 4.69) is 9.71 Å². The number of anilines is 1.